The Bertz CT molecular complexity index is 1170. The Kier molecular flexibility index (Phi) is 8.83. The summed E-state index contributed by atoms with van der Waals surface area (Å²) in [7, 11) is 0. The van der Waals surface area contributed by atoms with Gasteiger partial charge in [-0.3, -0.25) is 0 Å². The molecule has 0 N–H and O–H groups in total. The fourth-order valence-electron chi connectivity index (χ4n) is 4.15. The highest BCUT2D eigenvalue weighted by molar-refractivity contribution is 5.71. The Morgan fingerprint density at radius 1 is 0.861 bits per heavy atom. The molecule has 0 radical (unpaired) electrons. The Labute approximate surface area is 210 Å². The normalized spacial score (nSPS) is 17.7. The lowest BCUT2D eigenvalue weighted by Crippen LogP contribution is -2.26. The van der Waals surface area contributed by atoms with Gasteiger partial charge in [-0.25, -0.2) is 8.78 Å². The summed E-state index contributed by atoms with van der Waals surface area (Å²) in [5.41, 5.74) is 2.39. The van der Waals surface area contributed by atoms with E-state index >= 15 is 0 Å². The molecule has 0 atom stereocenters. The Morgan fingerprint density at radius 3 is 2.22 bits per heavy atom. The SMILES string of the molecule is C=CC1COC(c2ccc(-c3ccc(-c4ccc(OCCCCCC)c(F)c4F)cc3)cc2F)OC1. The molecule has 3 nitrogen and oxygen atoms in total. The van der Waals surface area contributed by atoms with E-state index in [1.54, 1.807) is 42.5 Å². The van der Waals surface area contributed by atoms with E-state index in [1.165, 1.54) is 18.2 Å². The van der Waals surface area contributed by atoms with Crippen molar-refractivity contribution in [2.45, 2.75) is 38.9 Å². The number of unbranched alkanes of at least 4 members (excludes halogenated alkanes) is 3. The summed E-state index contributed by atoms with van der Waals surface area (Å²) < 4.78 is 60.9. The van der Waals surface area contributed by atoms with E-state index in [0.29, 0.717) is 36.5 Å². The van der Waals surface area contributed by atoms with E-state index in [-0.39, 0.29) is 17.2 Å². The zero-order valence-electron chi connectivity index (χ0n) is 20.4. The van der Waals surface area contributed by atoms with Crippen LogP contribution in [0.2, 0.25) is 0 Å². The monoisotopic (exact) mass is 496 g/mol. The number of ether oxygens (including phenoxy) is 3. The molecular weight excluding hydrogens is 465 g/mol. The third kappa shape index (κ3) is 6.00. The van der Waals surface area contributed by atoms with Gasteiger partial charge in [-0.15, -0.1) is 6.58 Å². The molecule has 0 aromatic heterocycles. The maximum atomic E-state index is 14.8. The molecular formula is C30H31F3O3. The molecule has 4 rings (SSSR count). The quantitative estimate of drug-likeness (QED) is 0.209. The van der Waals surface area contributed by atoms with E-state index in [9.17, 15) is 13.2 Å². The second kappa shape index (κ2) is 12.2. The molecule has 0 saturated carbocycles. The summed E-state index contributed by atoms with van der Waals surface area (Å²) >= 11 is 0. The summed E-state index contributed by atoms with van der Waals surface area (Å²) in [5, 5.41) is 0. The molecule has 0 spiro atoms. The van der Waals surface area contributed by atoms with Crippen molar-refractivity contribution < 1.29 is 27.4 Å². The standard InChI is InChI=1S/C30H31F3O3/c1-3-5-6-7-16-34-27-15-14-24(28(32)29(27)33)22-10-8-21(9-11-22)23-12-13-25(26(31)17-23)30-35-18-20(4-2)19-36-30/h4,8-15,17,20,30H,2-3,5-7,16,18-19H2,1H3. The van der Waals surface area contributed by atoms with Crippen molar-refractivity contribution in [3.8, 4) is 28.0 Å². The summed E-state index contributed by atoms with van der Waals surface area (Å²) in [6.07, 6.45) is 4.99. The lowest BCUT2D eigenvalue weighted by molar-refractivity contribution is -0.198. The van der Waals surface area contributed by atoms with Crippen molar-refractivity contribution in [2.24, 2.45) is 5.92 Å². The van der Waals surface area contributed by atoms with Gasteiger partial charge in [-0.05, 0) is 41.3 Å². The van der Waals surface area contributed by atoms with Crippen molar-refractivity contribution in [3.05, 3.63) is 90.3 Å². The van der Waals surface area contributed by atoms with Gasteiger partial charge in [-0.2, -0.15) is 4.39 Å². The zero-order valence-corrected chi connectivity index (χ0v) is 20.4. The first-order valence-corrected chi connectivity index (χ1v) is 12.4. The van der Waals surface area contributed by atoms with Gasteiger partial charge in [0.2, 0.25) is 5.82 Å². The molecule has 0 amide bonds. The molecule has 1 heterocycles. The van der Waals surface area contributed by atoms with Crippen molar-refractivity contribution in [1.29, 1.82) is 0 Å². The summed E-state index contributed by atoms with van der Waals surface area (Å²) in [6.45, 7) is 7.05. The van der Waals surface area contributed by atoms with Crippen LogP contribution in [-0.2, 0) is 9.47 Å². The fourth-order valence-corrected chi connectivity index (χ4v) is 4.15. The molecule has 190 valence electrons. The highest BCUT2D eigenvalue weighted by Crippen LogP contribution is 2.33. The second-order valence-electron chi connectivity index (χ2n) is 8.96. The van der Waals surface area contributed by atoms with Crippen LogP contribution in [0.15, 0.2) is 67.3 Å². The maximum absolute atomic E-state index is 14.8. The largest absolute Gasteiger partial charge is 0.490 e. The van der Waals surface area contributed by atoms with Gasteiger partial charge < -0.3 is 14.2 Å². The topological polar surface area (TPSA) is 27.7 Å². The van der Waals surface area contributed by atoms with Crippen LogP contribution in [0.1, 0.15) is 44.5 Å². The first-order valence-electron chi connectivity index (χ1n) is 12.4. The highest BCUT2D eigenvalue weighted by Gasteiger charge is 2.24. The molecule has 1 saturated heterocycles. The predicted octanol–water partition coefficient (Wildman–Crippen LogP) is 8.24. The third-order valence-corrected chi connectivity index (χ3v) is 6.34. The molecule has 3 aromatic carbocycles. The number of rotatable bonds is 10. The van der Waals surface area contributed by atoms with E-state index in [1.807, 2.05) is 0 Å². The Morgan fingerprint density at radius 2 is 1.56 bits per heavy atom. The van der Waals surface area contributed by atoms with Crippen LogP contribution in [0.4, 0.5) is 13.2 Å². The van der Waals surface area contributed by atoms with Crippen molar-refractivity contribution in [3.63, 3.8) is 0 Å². The summed E-state index contributed by atoms with van der Waals surface area (Å²) in [4.78, 5) is 0. The highest BCUT2D eigenvalue weighted by atomic mass is 19.2. The van der Waals surface area contributed by atoms with Crippen molar-refractivity contribution in [1.82, 2.24) is 0 Å². The lowest BCUT2D eigenvalue weighted by atomic mass is 9.98. The maximum Gasteiger partial charge on any atom is 0.201 e. The van der Waals surface area contributed by atoms with E-state index in [2.05, 4.69) is 13.5 Å². The molecule has 3 aromatic rings. The molecule has 0 bridgehead atoms. The first kappa shape index (κ1) is 26.0. The molecule has 0 aliphatic carbocycles. The number of halogens is 3. The van der Waals surface area contributed by atoms with Crippen LogP contribution in [-0.4, -0.2) is 19.8 Å². The summed E-state index contributed by atoms with van der Waals surface area (Å²) in [5.74, 6) is -2.35. The molecule has 1 aliphatic rings. The zero-order chi connectivity index (χ0) is 25.5. The van der Waals surface area contributed by atoms with Gasteiger partial charge in [0.05, 0.1) is 19.8 Å². The van der Waals surface area contributed by atoms with Crippen LogP contribution in [0.3, 0.4) is 0 Å². The minimum atomic E-state index is -0.990. The minimum absolute atomic E-state index is 0.0779. The van der Waals surface area contributed by atoms with Crippen LogP contribution in [0.25, 0.3) is 22.3 Å². The average molecular weight is 497 g/mol. The van der Waals surface area contributed by atoms with Gasteiger partial charge in [0.15, 0.2) is 17.9 Å². The minimum Gasteiger partial charge on any atom is -0.490 e. The van der Waals surface area contributed by atoms with Crippen molar-refractivity contribution >= 4 is 0 Å². The van der Waals surface area contributed by atoms with Crippen LogP contribution in [0.5, 0.6) is 5.75 Å². The summed E-state index contributed by atoms with van der Waals surface area (Å²) in [6, 6.07) is 14.7. The molecule has 0 unspecified atom stereocenters. The number of benzene rings is 3. The average Bonchev–Trinajstić information content (AvgIpc) is 2.91. The fraction of sp³-hybridized carbons (Fsp3) is 0.333. The van der Waals surface area contributed by atoms with E-state index in [0.717, 1.165) is 31.2 Å². The second-order valence-corrected chi connectivity index (χ2v) is 8.96. The van der Waals surface area contributed by atoms with E-state index < -0.39 is 23.7 Å². The lowest BCUT2D eigenvalue weighted by Gasteiger charge is -2.28. The number of hydrogen-bond donors (Lipinski definition) is 0. The molecule has 36 heavy (non-hydrogen) atoms. The van der Waals surface area contributed by atoms with E-state index in [4.69, 9.17) is 14.2 Å². The Hall–Kier alpha value is -3.09. The van der Waals surface area contributed by atoms with Crippen molar-refractivity contribution in [2.75, 3.05) is 19.8 Å². The Balaban J connectivity index is 1.45. The van der Waals surface area contributed by atoms with Crippen LogP contribution >= 0.6 is 0 Å². The van der Waals surface area contributed by atoms with Gasteiger partial charge in [-0.1, -0.05) is 68.7 Å². The molecule has 1 aliphatic heterocycles. The van der Waals surface area contributed by atoms with Crippen LogP contribution < -0.4 is 4.74 Å². The van der Waals surface area contributed by atoms with Gasteiger partial charge in [0, 0.05) is 17.0 Å². The number of hydrogen-bond acceptors (Lipinski definition) is 3. The predicted molar refractivity (Wildman–Crippen MR) is 135 cm³/mol. The molecule has 1 fully saturated rings. The molecule has 6 heteroatoms. The van der Waals surface area contributed by atoms with Gasteiger partial charge >= 0.3 is 0 Å². The van der Waals surface area contributed by atoms with Crippen LogP contribution in [0, 0.1) is 23.4 Å². The van der Waals surface area contributed by atoms with Gasteiger partial charge in [0.25, 0.3) is 0 Å². The third-order valence-electron chi connectivity index (χ3n) is 6.34. The first-order chi connectivity index (χ1) is 17.5. The van der Waals surface area contributed by atoms with Gasteiger partial charge in [0.1, 0.15) is 5.82 Å². The smallest absolute Gasteiger partial charge is 0.201 e.